The molecule has 2 heterocycles. The lowest BCUT2D eigenvalue weighted by Gasteiger charge is -2.17. The maximum absolute atomic E-state index is 4.35. The van der Waals surface area contributed by atoms with Gasteiger partial charge in [0.25, 0.3) is 0 Å². The number of nitrogens with zero attached hydrogens (tertiary/aromatic N) is 5. The zero-order valence-electron chi connectivity index (χ0n) is 11.6. The van der Waals surface area contributed by atoms with Gasteiger partial charge in [-0.3, -0.25) is 4.68 Å². The number of aromatic nitrogens is 5. The summed E-state index contributed by atoms with van der Waals surface area (Å²) in [6.45, 7) is 8.06. The average molecular weight is 280 g/mol. The fourth-order valence-electron chi connectivity index (χ4n) is 2.03. The van der Waals surface area contributed by atoms with Crippen LogP contribution in [-0.2, 0) is 13.0 Å². The Kier molecular flexibility index (Phi) is 4.98. The molecule has 19 heavy (non-hydrogen) atoms. The standard InChI is InChI=1S/C12H20N6S/c1-4-6-13-10(12-9(3)16-17-19-12)7-11-14-8-15-18(11)5-2/h8,10,13H,4-7H2,1-3H3. The Morgan fingerprint density at radius 2 is 2.26 bits per heavy atom. The normalized spacial score (nSPS) is 12.8. The smallest absolute Gasteiger partial charge is 0.138 e. The van der Waals surface area contributed by atoms with Gasteiger partial charge in [0, 0.05) is 13.0 Å². The summed E-state index contributed by atoms with van der Waals surface area (Å²) >= 11 is 1.46. The van der Waals surface area contributed by atoms with Crippen LogP contribution in [0.3, 0.4) is 0 Å². The van der Waals surface area contributed by atoms with Gasteiger partial charge in [0.15, 0.2) is 0 Å². The maximum Gasteiger partial charge on any atom is 0.138 e. The van der Waals surface area contributed by atoms with Crippen LogP contribution in [0.25, 0.3) is 0 Å². The Morgan fingerprint density at radius 3 is 2.89 bits per heavy atom. The molecule has 0 aliphatic rings. The van der Waals surface area contributed by atoms with Crippen LogP contribution in [0.15, 0.2) is 6.33 Å². The molecule has 2 rings (SSSR count). The highest BCUT2D eigenvalue weighted by molar-refractivity contribution is 7.05. The first-order chi connectivity index (χ1) is 9.26. The first-order valence-electron chi connectivity index (χ1n) is 6.65. The largest absolute Gasteiger partial charge is 0.309 e. The van der Waals surface area contributed by atoms with Gasteiger partial charge in [0.05, 0.1) is 16.6 Å². The van der Waals surface area contributed by atoms with Crippen molar-refractivity contribution in [2.45, 2.75) is 46.2 Å². The highest BCUT2D eigenvalue weighted by Gasteiger charge is 2.19. The molecule has 7 heteroatoms. The minimum atomic E-state index is 0.217. The summed E-state index contributed by atoms with van der Waals surface area (Å²) in [6, 6.07) is 0.217. The van der Waals surface area contributed by atoms with E-state index in [9.17, 15) is 0 Å². The van der Waals surface area contributed by atoms with Gasteiger partial charge in [-0.2, -0.15) is 5.10 Å². The number of hydrogen-bond donors (Lipinski definition) is 1. The summed E-state index contributed by atoms with van der Waals surface area (Å²) < 4.78 is 5.97. The van der Waals surface area contributed by atoms with Crippen LogP contribution in [0.1, 0.15) is 42.7 Å². The second kappa shape index (κ2) is 6.72. The summed E-state index contributed by atoms with van der Waals surface area (Å²) in [5.74, 6) is 1.00. The van der Waals surface area contributed by atoms with Gasteiger partial charge in [0.2, 0.25) is 0 Å². The predicted octanol–water partition coefficient (Wildman–Crippen LogP) is 1.74. The van der Waals surface area contributed by atoms with E-state index < -0.39 is 0 Å². The first kappa shape index (κ1) is 14.1. The van der Waals surface area contributed by atoms with Crippen LogP contribution >= 0.6 is 11.5 Å². The molecule has 2 aromatic rings. The van der Waals surface area contributed by atoms with Gasteiger partial charge >= 0.3 is 0 Å². The number of aryl methyl sites for hydroxylation is 2. The van der Waals surface area contributed by atoms with Crippen molar-refractivity contribution in [3.05, 3.63) is 22.7 Å². The third-order valence-electron chi connectivity index (χ3n) is 3.03. The van der Waals surface area contributed by atoms with Crippen molar-refractivity contribution < 1.29 is 0 Å². The second-order valence-corrected chi connectivity index (χ2v) is 5.21. The number of hydrogen-bond acceptors (Lipinski definition) is 6. The summed E-state index contributed by atoms with van der Waals surface area (Å²) in [6.07, 6.45) is 3.54. The molecule has 0 saturated carbocycles. The zero-order valence-corrected chi connectivity index (χ0v) is 12.4. The Morgan fingerprint density at radius 1 is 1.42 bits per heavy atom. The van der Waals surface area contributed by atoms with Crippen molar-refractivity contribution in [1.82, 2.24) is 29.7 Å². The molecule has 0 aliphatic heterocycles. The lowest BCUT2D eigenvalue weighted by Crippen LogP contribution is -2.25. The van der Waals surface area contributed by atoms with Crippen molar-refractivity contribution in [3.63, 3.8) is 0 Å². The summed E-state index contributed by atoms with van der Waals surface area (Å²) in [5.41, 5.74) is 1.00. The molecule has 0 saturated heterocycles. The topological polar surface area (TPSA) is 68.5 Å². The van der Waals surface area contributed by atoms with Gasteiger partial charge in [-0.25, -0.2) is 4.98 Å². The van der Waals surface area contributed by atoms with E-state index in [4.69, 9.17) is 0 Å². The Labute approximate surface area is 117 Å². The third-order valence-corrected chi connectivity index (χ3v) is 3.97. The van der Waals surface area contributed by atoms with E-state index in [1.54, 1.807) is 6.33 Å². The van der Waals surface area contributed by atoms with Gasteiger partial charge in [0.1, 0.15) is 12.2 Å². The average Bonchev–Trinajstić information content (AvgIpc) is 3.03. The van der Waals surface area contributed by atoms with Crippen LogP contribution < -0.4 is 5.32 Å². The van der Waals surface area contributed by atoms with Crippen molar-refractivity contribution in [3.8, 4) is 0 Å². The van der Waals surface area contributed by atoms with Crippen LogP contribution in [0.4, 0.5) is 0 Å². The number of nitrogens with one attached hydrogen (secondary N) is 1. The molecule has 1 unspecified atom stereocenters. The second-order valence-electron chi connectivity index (χ2n) is 4.43. The van der Waals surface area contributed by atoms with Gasteiger partial charge in [-0.15, -0.1) is 5.10 Å². The van der Waals surface area contributed by atoms with Crippen LogP contribution in [0.2, 0.25) is 0 Å². The molecule has 6 nitrogen and oxygen atoms in total. The van der Waals surface area contributed by atoms with Gasteiger partial charge in [-0.05, 0) is 38.3 Å². The highest BCUT2D eigenvalue weighted by Crippen LogP contribution is 2.23. The molecule has 0 radical (unpaired) electrons. The van der Waals surface area contributed by atoms with Crippen molar-refractivity contribution in [2.24, 2.45) is 0 Å². The molecule has 0 aliphatic carbocycles. The fraction of sp³-hybridized carbons (Fsp3) is 0.667. The first-order valence-corrected chi connectivity index (χ1v) is 7.42. The minimum absolute atomic E-state index is 0.217. The molecule has 1 N–H and O–H groups in total. The van der Waals surface area contributed by atoms with E-state index in [0.29, 0.717) is 0 Å². The molecule has 1 atom stereocenters. The van der Waals surface area contributed by atoms with Gasteiger partial charge in [-0.1, -0.05) is 11.4 Å². The van der Waals surface area contributed by atoms with E-state index in [1.165, 1.54) is 16.4 Å². The van der Waals surface area contributed by atoms with E-state index in [-0.39, 0.29) is 6.04 Å². The summed E-state index contributed by atoms with van der Waals surface area (Å²) in [7, 11) is 0. The molecule has 2 aromatic heterocycles. The third kappa shape index (κ3) is 3.36. The lowest BCUT2D eigenvalue weighted by atomic mass is 10.1. The molecule has 104 valence electrons. The summed E-state index contributed by atoms with van der Waals surface area (Å²) in [5, 5.41) is 11.9. The van der Waals surface area contributed by atoms with Gasteiger partial charge < -0.3 is 5.32 Å². The molecule has 0 fully saturated rings. The SMILES string of the molecule is CCCNC(Cc1ncnn1CC)c1snnc1C. The Balaban J connectivity index is 2.17. The zero-order chi connectivity index (χ0) is 13.7. The Hall–Kier alpha value is -1.34. The molecule has 0 bridgehead atoms. The lowest BCUT2D eigenvalue weighted by molar-refractivity contribution is 0.500. The molecular weight excluding hydrogens is 260 g/mol. The minimum Gasteiger partial charge on any atom is -0.309 e. The summed E-state index contributed by atoms with van der Waals surface area (Å²) in [4.78, 5) is 5.54. The van der Waals surface area contributed by atoms with Crippen molar-refractivity contribution >= 4 is 11.5 Å². The molecule has 0 aromatic carbocycles. The molecular formula is C12H20N6S. The van der Waals surface area contributed by atoms with Crippen molar-refractivity contribution in [1.29, 1.82) is 0 Å². The van der Waals surface area contributed by atoms with E-state index in [2.05, 4.69) is 38.8 Å². The van der Waals surface area contributed by atoms with E-state index in [1.807, 2.05) is 11.6 Å². The van der Waals surface area contributed by atoms with Crippen LogP contribution in [0.5, 0.6) is 0 Å². The monoisotopic (exact) mass is 280 g/mol. The predicted molar refractivity (Wildman–Crippen MR) is 75.1 cm³/mol. The number of rotatable bonds is 7. The van der Waals surface area contributed by atoms with E-state index in [0.717, 1.165) is 37.4 Å². The van der Waals surface area contributed by atoms with Crippen LogP contribution in [0, 0.1) is 6.92 Å². The molecule has 0 spiro atoms. The maximum atomic E-state index is 4.35. The Bertz CT molecular complexity index is 506. The van der Waals surface area contributed by atoms with Crippen LogP contribution in [-0.4, -0.2) is 30.9 Å². The van der Waals surface area contributed by atoms with Crippen molar-refractivity contribution in [2.75, 3.05) is 6.54 Å². The van der Waals surface area contributed by atoms with E-state index >= 15 is 0 Å². The fourth-order valence-corrected chi connectivity index (χ4v) is 2.74. The molecule has 0 amide bonds. The quantitative estimate of drug-likeness (QED) is 0.836. The highest BCUT2D eigenvalue weighted by atomic mass is 32.1.